The number of ether oxygens (including phenoxy) is 1. The molecule has 1 fully saturated rings. The number of carbonyl (C=O) groups is 1. The molecule has 2 rings (SSSR count). The van der Waals surface area contributed by atoms with Crippen molar-refractivity contribution in [2.75, 3.05) is 0 Å². The van der Waals surface area contributed by atoms with Crippen LogP contribution in [0.3, 0.4) is 0 Å². The van der Waals surface area contributed by atoms with Crippen molar-refractivity contribution in [1.82, 2.24) is 0 Å². The molecule has 5 heteroatoms. The Morgan fingerprint density at radius 1 is 1.80 bits per heavy atom. The van der Waals surface area contributed by atoms with E-state index in [2.05, 4.69) is 15.9 Å². The standard InChI is InChI=1S/C10H11BrO3S/c1-10(8-4-6(11)5-15-8)3-2-7(14-10)9(12)13/h4-5,7H,2-3H2,1H3,(H,12,13). The van der Waals surface area contributed by atoms with Crippen LogP contribution < -0.4 is 0 Å². The zero-order valence-corrected chi connectivity index (χ0v) is 10.6. The van der Waals surface area contributed by atoms with Crippen LogP contribution in [-0.2, 0) is 15.1 Å². The normalized spacial score (nSPS) is 30.7. The van der Waals surface area contributed by atoms with Crippen molar-refractivity contribution in [3.8, 4) is 0 Å². The summed E-state index contributed by atoms with van der Waals surface area (Å²) in [6, 6.07) is 1.99. The Balaban J connectivity index is 2.19. The van der Waals surface area contributed by atoms with Gasteiger partial charge in [-0.05, 0) is 41.8 Å². The first kappa shape index (κ1) is 11.1. The number of rotatable bonds is 2. The molecule has 0 bridgehead atoms. The summed E-state index contributed by atoms with van der Waals surface area (Å²) in [5.74, 6) is -0.866. The maximum absolute atomic E-state index is 10.8. The third-order valence-electron chi connectivity index (χ3n) is 2.65. The Kier molecular flexibility index (Phi) is 2.87. The smallest absolute Gasteiger partial charge is 0.332 e. The molecule has 1 aliphatic rings. The summed E-state index contributed by atoms with van der Waals surface area (Å²) in [5, 5.41) is 10.9. The van der Waals surface area contributed by atoms with Crippen molar-refractivity contribution < 1.29 is 14.6 Å². The van der Waals surface area contributed by atoms with Gasteiger partial charge in [0.2, 0.25) is 0 Å². The van der Waals surface area contributed by atoms with Crippen LogP contribution in [0.5, 0.6) is 0 Å². The second-order valence-electron chi connectivity index (χ2n) is 3.84. The van der Waals surface area contributed by atoms with Gasteiger partial charge in [0.1, 0.15) is 5.60 Å². The van der Waals surface area contributed by atoms with E-state index in [-0.39, 0.29) is 0 Å². The van der Waals surface area contributed by atoms with Crippen LogP contribution in [0.25, 0.3) is 0 Å². The molecular weight excluding hydrogens is 280 g/mol. The quantitative estimate of drug-likeness (QED) is 0.911. The van der Waals surface area contributed by atoms with Crippen molar-refractivity contribution in [3.63, 3.8) is 0 Å². The molecule has 1 N–H and O–H groups in total. The predicted molar refractivity (Wildman–Crippen MR) is 61.1 cm³/mol. The van der Waals surface area contributed by atoms with Gasteiger partial charge in [0.25, 0.3) is 0 Å². The Morgan fingerprint density at radius 2 is 2.53 bits per heavy atom. The first-order chi connectivity index (χ1) is 7.01. The third kappa shape index (κ3) is 2.09. The largest absolute Gasteiger partial charge is 0.479 e. The number of hydrogen-bond acceptors (Lipinski definition) is 3. The SMILES string of the molecule is CC1(c2cc(Br)cs2)CCC(C(=O)O)O1. The van der Waals surface area contributed by atoms with Crippen molar-refractivity contribution in [2.24, 2.45) is 0 Å². The van der Waals surface area contributed by atoms with E-state index in [1.165, 1.54) is 0 Å². The van der Waals surface area contributed by atoms with E-state index in [0.29, 0.717) is 6.42 Å². The summed E-state index contributed by atoms with van der Waals surface area (Å²) in [6.07, 6.45) is 0.689. The summed E-state index contributed by atoms with van der Waals surface area (Å²) in [5.41, 5.74) is -0.431. The van der Waals surface area contributed by atoms with E-state index >= 15 is 0 Å². The van der Waals surface area contributed by atoms with E-state index in [4.69, 9.17) is 9.84 Å². The highest BCUT2D eigenvalue weighted by Crippen LogP contribution is 2.42. The molecule has 15 heavy (non-hydrogen) atoms. The van der Waals surface area contributed by atoms with Gasteiger partial charge in [-0.25, -0.2) is 4.79 Å². The van der Waals surface area contributed by atoms with Crippen molar-refractivity contribution in [3.05, 3.63) is 20.8 Å². The summed E-state index contributed by atoms with van der Waals surface area (Å²) < 4.78 is 6.62. The lowest BCUT2D eigenvalue weighted by Crippen LogP contribution is -2.25. The molecule has 2 heterocycles. The Morgan fingerprint density at radius 3 is 3.00 bits per heavy atom. The predicted octanol–water partition coefficient (Wildman–Crippen LogP) is 2.99. The lowest BCUT2D eigenvalue weighted by atomic mass is 10.0. The van der Waals surface area contributed by atoms with Gasteiger partial charge in [-0.1, -0.05) is 0 Å². The van der Waals surface area contributed by atoms with E-state index < -0.39 is 17.7 Å². The Bertz CT molecular complexity index is 390. The van der Waals surface area contributed by atoms with Gasteiger partial charge in [-0.3, -0.25) is 0 Å². The maximum atomic E-state index is 10.8. The van der Waals surface area contributed by atoms with Crippen molar-refractivity contribution >= 4 is 33.2 Å². The fraction of sp³-hybridized carbons (Fsp3) is 0.500. The molecule has 1 aromatic heterocycles. The number of aliphatic carboxylic acids is 1. The minimum absolute atomic E-state index is 0.431. The first-order valence-electron chi connectivity index (χ1n) is 4.66. The van der Waals surface area contributed by atoms with Gasteiger partial charge < -0.3 is 9.84 Å². The number of hydrogen-bond donors (Lipinski definition) is 1. The lowest BCUT2D eigenvalue weighted by molar-refractivity contribution is -0.153. The molecule has 0 aromatic carbocycles. The second kappa shape index (κ2) is 3.88. The highest BCUT2D eigenvalue weighted by molar-refractivity contribution is 9.10. The molecule has 0 saturated carbocycles. The number of carboxylic acid groups (broad SMARTS) is 1. The highest BCUT2D eigenvalue weighted by atomic mass is 79.9. The molecule has 82 valence electrons. The zero-order chi connectivity index (χ0) is 11.1. The monoisotopic (exact) mass is 290 g/mol. The highest BCUT2D eigenvalue weighted by Gasteiger charge is 2.41. The van der Waals surface area contributed by atoms with Crippen LogP contribution in [0.1, 0.15) is 24.6 Å². The third-order valence-corrected chi connectivity index (χ3v) is 4.59. The molecule has 2 atom stereocenters. The maximum Gasteiger partial charge on any atom is 0.332 e. The van der Waals surface area contributed by atoms with Gasteiger partial charge in [0, 0.05) is 14.7 Å². The van der Waals surface area contributed by atoms with Crippen LogP contribution in [0.15, 0.2) is 15.9 Å². The average Bonchev–Trinajstić information content (AvgIpc) is 2.73. The molecule has 1 aliphatic heterocycles. The summed E-state index contributed by atoms with van der Waals surface area (Å²) in [6.45, 7) is 1.95. The molecular formula is C10H11BrO3S. The van der Waals surface area contributed by atoms with Crippen LogP contribution in [0.4, 0.5) is 0 Å². The first-order valence-corrected chi connectivity index (χ1v) is 6.34. The molecule has 0 aliphatic carbocycles. The Labute approximate surface area is 100 Å². The fourth-order valence-corrected chi connectivity index (χ4v) is 3.35. The molecule has 2 unspecified atom stereocenters. The Hall–Kier alpha value is -0.390. The average molecular weight is 291 g/mol. The molecule has 1 aromatic rings. The summed E-state index contributed by atoms with van der Waals surface area (Å²) in [4.78, 5) is 11.9. The van der Waals surface area contributed by atoms with E-state index in [9.17, 15) is 4.79 Å². The van der Waals surface area contributed by atoms with Crippen LogP contribution >= 0.6 is 27.3 Å². The van der Waals surface area contributed by atoms with Gasteiger partial charge in [0.15, 0.2) is 6.10 Å². The van der Waals surface area contributed by atoms with E-state index in [1.54, 1.807) is 11.3 Å². The number of thiophene rings is 1. The molecule has 3 nitrogen and oxygen atoms in total. The number of carboxylic acids is 1. The second-order valence-corrected chi connectivity index (χ2v) is 5.67. The van der Waals surface area contributed by atoms with E-state index in [1.807, 2.05) is 18.4 Å². The minimum Gasteiger partial charge on any atom is -0.479 e. The van der Waals surface area contributed by atoms with Crippen molar-refractivity contribution in [1.29, 1.82) is 0 Å². The molecule has 0 spiro atoms. The van der Waals surface area contributed by atoms with Gasteiger partial charge in [0.05, 0.1) is 0 Å². The van der Waals surface area contributed by atoms with Gasteiger partial charge >= 0.3 is 5.97 Å². The summed E-state index contributed by atoms with van der Waals surface area (Å²) in [7, 11) is 0. The molecule has 1 saturated heterocycles. The fourth-order valence-electron chi connectivity index (χ4n) is 1.78. The topological polar surface area (TPSA) is 46.5 Å². The number of halogens is 1. The van der Waals surface area contributed by atoms with Gasteiger partial charge in [-0.2, -0.15) is 0 Å². The molecule has 0 radical (unpaired) electrons. The van der Waals surface area contributed by atoms with Crippen LogP contribution in [0, 0.1) is 0 Å². The van der Waals surface area contributed by atoms with E-state index in [0.717, 1.165) is 15.8 Å². The van der Waals surface area contributed by atoms with Crippen LogP contribution in [-0.4, -0.2) is 17.2 Å². The molecule has 0 amide bonds. The zero-order valence-electron chi connectivity index (χ0n) is 8.20. The van der Waals surface area contributed by atoms with Gasteiger partial charge in [-0.15, -0.1) is 11.3 Å². The summed E-state index contributed by atoms with van der Waals surface area (Å²) >= 11 is 4.98. The van der Waals surface area contributed by atoms with Crippen LogP contribution in [0.2, 0.25) is 0 Å². The lowest BCUT2D eigenvalue weighted by Gasteiger charge is -2.22. The van der Waals surface area contributed by atoms with Crippen molar-refractivity contribution in [2.45, 2.75) is 31.5 Å². The minimum atomic E-state index is -0.866.